The average molecular weight is 416 g/mol. The van der Waals surface area contributed by atoms with E-state index in [1.54, 1.807) is 35.2 Å². The zero-order valence-corrected chi connectivity index (χ0v) is 16.6. The molecule has 0 fully saturated rings. The third kappa shape index (κ3) is 3.42. The molecule has 1 aliphatic heterocycles. The molecule has 0 spiro atoms. The van der Waals surface area contributed by atoms with Gasteiger partial charge in [-0.05, 0) is 18.2 Å². The van der Waals surface area contributed by atoms with Gasteiger partial charge in [-0.2, -0.15) is 5.10 Å². The van der Waals surface area contributed by atoms with Gasteiger partial charge in [-0.1, -0.05) is 41.9 Å². The highest BCUT2D eigenvalue weighted by Crippen LogP contribution is 2.43. The summed E-state index contributed by atoms with van der Waals surface area (Å²) in [4.78, 5) is 14.7. The van der Waals surface area contributed by atoms with Crippen molar-refractivity contribution in [3.8, 4) is 11.3 Å². The largest absolute Gasteiger partial charge is 0.354 e. The molecule has 1 aromatic heterocycles. The highest BCUT2D eigenvalue weighted by atomic mass is 35.5. The Labute approximate surface area is 172 Å². The van der Waals surface area contributed by atoms with Crippen molar-refractivity contribution >= 4 is 17.5 Å². The van der Waals surface area contributed by atoms with Crippen molar-refractivity contribution in [1.29, 1.82) is 0 Å². The van der Waals surface area contributed by atoms with Crippen molar-refractivity contribution in [1.82, 2.24) is 15.1 Å². The van der Waals surface area contributed by atoms with Gasteiger partial charge in [0.25, 0.3) is 5.91 Å². The molecule has 3 aromatic rings. The highest BCUT2D eigenvalue weighted by molar-refractivity contribution is 6.30. The number of amides is 1. The number of benzene rings is 2. The van der Waals surface area contributed by atoms with Gasteiger partial charge in [-0.15, -0.1) is 0 Å². The molecule has 150 valence electrons. The Balaban J connectivity index is 1.87. The van der Waals surface area contributed by atoms with E-state index in [0.29, 0.717) is 27.5 Å². The molecular formula is C21H19ClFN3O3. The van der Waals surface area contributed by atoms with E-state index in [0.717, 1.165) is 5.56 Å². The minimum absolute atomic E-state index is 0.132. The second-order valence-corrected chi connectivity index (χ2v) is 7.09. The fraction of sp³-hybridized carbons (Fsp3) is 0.238. The van der Waals surface area contributed by atoms with Crippen LogP contribution in [-0.4, -0.2) is 48.1 Å². The van der Waals surface area contributed by atoms with E-state index in [2.05, 4.69) is 10.2 Å². The molecule has 8 heteroatoms. The number of nitrogens with one attached hydrogen (secondary N) is 1. The summed E-state index contributed by atoms with van der Waals surface area (Å²) in [5, 5.41) is 7.77. The number of carbonyl (C=O) groups is 1. The summed E-state index contributed by atoms with van der Waals surface area (Å²) in [6.07, 6.45) is -0.649. The Bertz CT molecular complexity index is 1030. The van der Waals surface area contributed by atoms with Gasteiger partial charge in [0.2, 0.25) is 0 Å². The lowest BCUT2D eigenvalue weighted by Gasteiger charge is -2.29. The standard InChI is InChI=1S/C21H19ClFN3O3/c1-28-16(29-2)11-26-20(14-5-3-4-6-15(14)23)17-18(24-25-19(17)21(26)27)12-7-9-13(22)10-8-12/h3-10,16,20H,11H2,1-2H3,(H,24,25). The summed E-state index contributed by atoms with van der Waals surface area (Å²) in [6, 6.07) is 12.9. The van der Waals surface area contributed by atoms with Gasteiger partial charge in [0.05, 0.1) is 18.3 Å². The van der Waals surface area contributed by atoms with Crippen molar-refractivity contribution < 1.29 is 18.7 Å². The smallest absolute Gasteiger partial charge is 0.273 e. The Morgan fingerprint density at radius 2 is 1.86 bits per heavy atom. The van der Waals surface area contributed by atoms with E-state index in [1.807, 2.05) is 12.1 Å². The first-order valence-corrected chi connectivity index (χ1v) is 9.38. The van der Waals surface area contributed by atoms with Crippen LogP contribution in [0, 0.1) is 5.82 Å². The first-order valence-electron chi connectivity index (χ1n) is 9.00. The number of aromatic nitrogens is 2. The fourth-order valence-electron chi connectivity index (χ4n) is 3.64. The maximum Gasteiger partial charge on any atom is 0.273 e. The topological polar surface area (TPSA) is 67.5 Å². The van der Waals surface area contributed by atoms with Crippen LogP contribution < -0.4 is 0 Å². The van der Waals surface area contributed by atoms with Crippen LogP contribution in [0.5, 0.6) is 0 Å². The Kier molecular flexibility index (Phi) is 5.36. The molecular weight excluding hydrogens is 397 g/mol. The van der Waals surface area contributed by atoms with E-state index < -0.39 is 18.1 Å². The fourth-order valence-corrected chi connectivity index (χ4v) is 3.76. The molecule has 6 nitrogen and oxygen atoms in total. The van der Waals surface area contributed by atoms with Crippen molar-refractivity contribution in [2.75, 3.05) is 20.8 Å². The third-order valence-corrected chi connectivity index (χ3v) is 5.30. The number of hydrogen-bond acceptors (Lipinski definition) is 4. The molecule has 2 heterocycles. The number of aromatic amines is 1. The van der Waals surface area contributed by atoms with E-state index in [-0.39, 0.29) is 12.5 Å². The monoisotopic (exact) mass is 415 g/mol. The van der Waals surface area contributed by atoms with Gasteiger partial charge >= 0.3 is 0 Å². The molecule has 0 saturated carbocycles. The van der Waals surface area contributed by atoms with Gasteiger partial charge < -0.3 is 14.4 Å². The van der Waals surface area contributed by atoms with Gasteiger partial charge in [-0.3, -0.25) is 9.89 Å². The number of rotatable bonds is 6. The maximum absolute atomic E-state index is 14.8. The van der Waals surface area contributed by atoms with Crippen LogP contribution in [0.3, 0.4) is 0 Å². The predicted octanol–water partition coefficient (Wildman–Crippen LogP) is 4.03. The maximum atomic E-state index is 14.8. The Morgan fingerprint density at radius 1 is 1.17 bits per heavy atom. The average Bonchev–Trinajstić information content (AvgIpc) is 3.27. The lowest BCUT2D eigenvalue weighted by molar-refractivity contribution is -0.113. The number of fused-ring (bicyclic) bond motifs is 1. The number of nitrogens with zero attached hydrogens (tertiary/aromatic N) is 2. The molecule has 1 atom stereocenters. The first-order chi connectivity index (χ1) is 14.0. The number of hydrogen-bond donors (Lipinski definition) is 1. The van der Waals surface area contributed by atoms with Crippen LogP contribution in [-0.2, 0) is 9.47 Å². The lowest BCUT2D eigenvalue weighted by Crippen LogP contribution is -2.38. The summed E-state index contributed by atoms with van der Waals surface area (Å²) in [5.74, 6) is -0.696. The van der Waals surface area contributed by atoms with E-state index in [4.69, 9.17) is 21.1 Å². The molecule has 0 bridgehead atoms. The minimum Gasteiger partial charge on any atom is -0.354 e. The summed E-state index contributed by atoms with van der Waals surface area (Å²) < 4.78 is 25.3. The summed E-state index contributed by atoms with van der Waals surface area (Å²) >= 11 is 6.00. The van der Waals surface area contributed by atoms with Crippen molar-refractivity contribution in [2.24, 2.45) is 0 Å². The summed E-state index contributed by atoms with van der Waals surface area (Å²) in [5.41, 5.74) is 2.68. The molecule has 1 aliphatic rings. The summed E-state index contributed by atoms with van der Waals surface area (Å²) in [6.45, 7) is 0.132. The number of methoxy groups -OCH3 is 2. The van der Waals surface area contributed by atoms with E-state index in [9.17, 15) is 9.18 Å². The molecule has 0 radical (unpaired) electrons. The molecule has 4 rings (SSSR count). The predicted molar refractivity (Wildman–Crippen MR) is 106 cm³/mol. The number of ether oxygens (including phenoxy) is 2. The molecule has 1 amide bonds. The van der Waals surface area contributed by atoms with Gasteiger partial charge in [0.15, 0.2) is 6.29 Å². The number of halogens is 2. The third-order valence-electron chi connectivity index (χ3n) is 5.05. The van der Waals surface area contributed by atoms with Gasteiger partial charge in [0, 0.05) is 35.9 Å². The van der Waals surface area contributed by atoms with Gasteiger partial charge in [0.1, 0.15) is 11.5 Å². The van der Waals surface area contributed by atoms with Crippen LogP contribution >= 0.6 is 11.6 Å². The Hall–Kier alpha value is -2.74. The zero-order valence-electron chi connectivity index (χ0n) is 15.9. The molecule has 0 saturated heterocycles. The summed E-state index contributed by atoms with van der Waals surface area (Å²) in [7, 11) is 2.99. The lowest BCUT2D eigenvalue weighted by atomic mass is 9.95. The van der Waals surface area contributed by atoms with Gasteiger partial charge in [-0.25, -0.2) is 4.39 Å². The van der Waals surface area contributed by atoms with E-state index >= 15 is 0 Å². The molecule has 1 N–H and O–H groups in total. The highest BCUT2D eigenvalue weighted by Gasteiger charge is 2.44. The second kappa shape index (κ2) is 7.94. The SMILES string of the molecule is COC(CN1C(=O)c2[nH]nc(-c3ccc(Cl)cc3)c2C1c1ccccc1F)OC. The van der Waals surface area contributed by atoms with Crippen LogP contribution in [0.4, 0.5) is 4.39 Å². The van der Waals surface area contributed by atoms with Crippen molar-refractivity contribution in [3.05, 3.63) is 76.2 Å². The number of carbonyl (C=O) groups excluding carboxylic acids is 1. The van der Waals surface area contributed by atoms with Crippen LogP contribution in [0.1, 0.15) is 27.7 Å². The molecule has 2 aromatic carbocycles. The van der Waals surface area contributed by atoms with Crippen LogP contribution in [0.25, 0.3) is 11.3 Å². The van der Waals surface area contributed by atoms with Crippen molar-refractivity contribution in [3.63, 3.8) is 0 Å². The van der Waals surface area contributed by atoms with E-state index in [1.165, 1.54) is 20.3 Å². The molecule has 29 heavy (non-hydrogen) atoms. The first kappa shape index (κ1) is 19.6. The second-order valence-electron chi connectivity index (χ2n) is 6.65. The van der Waals surface area contributed by atoms with Crippen LogP contribution in [0.2, 0.25) is 5.02 Å². The van der Waals surface area contributed by atoms with Crippen LogP contribution in [0.15, 0.2) is 48.5 Å². The Morgan fingerprint density at radius 3 is 2.52 bits per heavy atom. The van der Waals surface area contributed by atoms with Crippen molar-refractivity contribution in [2.45, 2.75) is 12.3 Å². The zero-order chi connectivity index (χ0) is 20.5. The normalized spacial score (nSPS) is 16.0. The quantitative estimate of drug-likeness (QED) is 0.617. The minimum atomic E-state index is -0.670. The molecule has 0 aliphatic carbocycles. The number of H-pyrrole nitrogens is 1. The molecule has 1 unspecified atom stereocenters.